The molecule has 0 radical (unpaired) electrons. The molecular formula is C21H31BrN2OS. The van der Waals surface area contributed by atoms with Gasteiger partial charge in [0.05, 0.1) is 11.1 Å². The summed E-state index contributed by atoms with van der Waals surface area (Å²) in [6, 6.07) is 6.63. The summed E-state index contributed by atoms with van der Waals surface area (Å²) in [5, 5.41) is 0.656. The van der Waals surface area contributed by atoms with Gasteiger partial charge in [-0.3, -0.25) is 0 Å². The second-order valence-electron chi connectivity index (χ2n) is 8.67. The van der Waals surface area contributed by atoms with E-state index >= 15 is 0 Å². The molecule has 0 aromatic heterocycles. The van der Waals surface area contributed by atoms with E-state index in [-0.39, 0.29) is 15.7 Å². The molecule has 1 saturated carbocycles. The molecule has 4 N–H and O–H groups in total. The SMILES string of the molecule is C=C(N)SC(C)(C)CC1(N)c2cc(Br)ccc2C[C@]12CC[C@@H](OC)CC2. The molecule has 26 heavy (non-hydrogen) atoms. The second-order valence-corrected chi connectivity index (χ2v) is 11.4. The monoisotopic (exact) mass is 438 g/mol. The number of methoxy groups -OCH3 is 1. The van der Waals surface area contributed by atoms with Gasteiger partial charge in [-0.25, -0.2) is 0 Å². The highest BCUT2D eigenvalue weighted by atomic mass is 79.9. The van der Waals surface area contributed by atoms with Crippen LogP contribution in [0.1, 0.15) is 57.1 Å². The lowest BCUT2D eigenvalue weighted by molar-refractivity contribution is -0.00850. The number of thioether (sulfide) groups is 1. The average Bonchev–Trinajstić information content (AvgIpc) is 2.75. The summed E-state index contributed by atoms with van der Waals surface area (Å²) < 4.78 is 6.66. The standard InChI is InChI=1S/C21H31BrN2OS/c1-14(23)26-19(2,3)13-21(24)18-11-16(22)6-5-15(18)12-20(21)9-7-17(25-4)8-10-20/h5-6,11,17H,1,7-10,12-13,23-24H2,2-4H3/t17-,20-,21?. The summed E-state index contributed by atoms with van der Waals surface area (Å²) in [6.07, 6.45) is 6.70. The zero-order chi connectivity index (χ0) is 19.2. The van der Waals surface area contributed by atoms with Crippen LogP contribution in [0.2, 0.25) is 0 Å². The van der Waals surface area contributed by atoms with Crippen LogP contribution in [-0.2, 0) is 16.7 Å². The first-order valence-corrected chi connectivity index (χ1v) is 11.0. The van der Waals surface area contributed by atoms with Gasteiger partial charge in [-0.15, -0.1) is 11.8 Å². The lowest BCUT2D eigenvalue weighted by Gasteiger charge is -2.50. The fourth-order valence-electron chi connectivity index (χ4n) is 5.27. The van der Waals surface area contributed by atoms with Crippen LogP contribution in [0.3, 0.4) is 0 Å². The predicted octanol–water partition coefficient (Wildman–Crippen LogP) is 5.07. The van der Waals surface area contributed by atoms with E-state index in [1.165, 1.54) is 11.1 Å². The van der Waals surface area contributed by atoms with Crippen LogP contribution >= 0.6 is 27.7 Å². The zero-order valence-electron chi connectivity index (χ0n) is 16.1. The van der Waals surface area contributed by atoms with Gasteiger partial charge in [-0.2, -0.15) is 0 Å². The normalized spacial score (nSPS) is 31.2. The van der Waals surface area contributed by atoms with Crippen molar-refractivity contribution in [1.82, 2.24) is 0 Å². The third-order valence-electron chi connectivity index (χ3n) is 6.36. The highest BCUT2D eigenvalue weighted by molar-refractivity contribution is 9.10. The van der Waals surface area contributed by atoms with Gasteiger partial charge >= 0.3 is 0 Å². The first-order valence-electron chi connectivity index (χ1n) is 9.35. The largest absolute Gasteiger partial charge is 0.394 e. The molecule has 3 nitrogen and oxygen atoms in total. The number of nitrogens with two attached hydrogens (primary N) is 2. The van der Waals surface area contributed by atoms with Gasteiger partial charge in [-0.1, -0.05) is 42.4 Å². The molecule has 1 aromatic rings. The van der Waals surface area contributed by atoms with Crippen LogP contribution in [0.4, 0.5) is 0 Å². The zero-order valence-corrected chi connectivity index (χ0v) is 18.5. The maximum absolute atomic E-state index is 7.35. The Morgan fingerprint density at radius 2 is 2.04 bits per heavy atom. The van der Waals surface area contributed by atoms with Crippen LogP contribution in [0.25, 0.3) is 0 Å². The minimum absolute atomic E-state index is 0.0738. The van der Waals surface area contributed by atoms with Crippen LogP contribution in [0, 0.1) is 5.41 Å². The summed E-state index contributed by atoms with van der Waals surface area (Å²) in [5.74, 6) is 0. The number of rotatable bonds is 5. The summed E-state index contributed by atoms with van der Waals surface area (Å²) in [6.45, 7) is 8.36. The van der Waals surface area contributed by atoms with Crippen molar-refractivity contribution < 1.29 is 4.74 Å². The Morgan fingerprint density at radius 3 is 2.62 bits per heavy atom. The Morgan fingerprint density at radius 1 is 1.38 bits per heavy atom. The number of hydrogen-bond donors (Lipinski definition) is 2. The number of fused-ring (bicyclic) bond motifs is 1. The predicted molar refractivity (Wildman–Crippen MR) is 115 cm³/mol. The minimum atomic E-state index is -0.364. The minimum Gasteiger partial charge on any atom is -0.394 e. The highest BCUT2D eigenvalue weighted by Gasteiger charge is 2.57. The fraction of sp³-hybridized carbons (Fsp3) is 0.619. The number of ether oxygens (including phenoxy) is 1. The highest BCUT2D eigenvalue weighted by Crippen LogP contribution is 2.60. The molecule has 1 spiro atoms. The molecule has 0 aliphatic heterocycles. The van der Waals surface area contributed by atoms with Gasteiger partial charge in [-0.05, 0) is 67.2 Å². The quantitative estimate of drug-likeness (QED) is 0.673. The Bertz CT molecular complexity index is 697. The van der Waals surface area contributed by atoms with Crippen molar-refractivity contribution >= 4 is 27.7 Å². The first-order chi connectivity index (χ1) is 12.1. The maximum Gasteiger partial charge on any atom is 0.0587 e. The molecule has 5 heteroatoms. The Balaban J connectivity index is 2.01. The van der Waals surface area contributed by atoms with E-state index in [0.717, 1.165) is 43.0 Å². The lowest BCUT2D eigenvalue weighted by Crippen LogP contribution is -2.55. The molecular weight excluding hydrogens is 408 g/mol. The molecule has 3 rings (SSSR count). The fourth-order valence-corrected chi connectivity index (χ4v) is 6.64. The number of halogens is 1. The maximum atomic E-state index is 7.35. The van der Waals surface area contributed by atoms with Crippen molar-refractivity contribution in [2.45, 2.75) is 68.8 Å². The number of benzene rings is 1. The van der Waals surface area contributed by atoms with Gasteiger partial charge in [0.2, 0.25) is 0 Å². The van der Waals surface area contributed by atoms with Gasteiger partial charge in [0.15, 0.2) is 0 Å². The molecule has 0 bridgehead atoms. The second kappa shape index (κ2) is 7.16. The van der Waals surface area contributed by atoms with Crippen molar-refractivity contribution in [3.8, 4) is 0 Å². The van der Waals surface area contributed by atoms with E-state index in [2.05, 4.69) is 54.6 Å². The van der Waals surface area contributed by atoms with E-state index in [1.807, 2.05) is 7.11 Å². The Labute approximate surface area is 170 Å². The molecule has 1 fully saturated rings. The van der Waals surface area contributed by atoms with E-state index in [0.29, 0.717) is 11.1 Å². The van der Waals surface area contributed by atoms with Crippen molar-refractivity contribution in [2.75, 3.05) is 7.11 Å². The van der Waals surface area contributed by atoms with E-state index in [4.69, 9.17) is 16.2 Å². The van der Waals surface area contributed by atoms with Crippen LogP contribution < -0.4 is 11.5 Å². The van der Waals surface area contributed by atoms with E-state index < -0.39 is 0 Å². The third kappa shape index (κ3) is 3.60. The Hall–Kier alpha value is -0.490. The molecule has 144 valence electrons. The smallest absolute Gasteiger partial charge is 0.0587 e. The summed E-state index contributed by atoms with van der Waals surface area (Å²) >= 11 is 5.30. The number of hydrogen-bond acceptors (Lipinski definition) is 4. The van der Waals surface area contributed by atoms with E-state index in [9.17, 15) is 0 Å². The molecule has 1 aromatic carbocycles. The third-order valence-corrected chi connectivity index (χ3v) is 7.82. The topological polar surface area (TPSA) is 61.3 Å². The van der Waals surface area contributed by atoms with E-state index in [1.54, 1.807) is 11.8 Å². The lowest BCUT2D eigenvalue weighted by atomic mass is 9.59. The molecule has 0 saturated heterocycles. The average molecular weight is 439 g/mol. The van der Waals surface area contributed by atoms with Crippen molar-refractivity contribution in [3.63, 3.8) is 0 Å². The molecule has 2 aliphatic rings. The molecule has 2 aliphatic carbocycles. The summed E-state index contributed by atoms with van der Waals surface area (Å²) in [4.78, 5) is 0. The van der Waals surface area contributed by atoms with Crippen LogP contribution in [0.5, 0.6) is 0 Å². The molecule has 0 heterocycles. The van der Waals surface area contributed by atoms with Crippen LogP contribution in [-0.4, -0.2) is 18.0 Å². The Kier molecular flexibility index (Phi) is 5.57. The molecule has 1 unspecified atom stereocenters. The molecule has 1 atom stereocenters. The van der Waals surface area contributed by atoms with Crippen LogP contribution in [0.15, 0.2) is 34.3 Å². The van der Waals surface area contributed by atoms with Gasteiger partial charge < -0.3 is 16.2 Å². The molecule has 0 amide bonds. The van der Waals surface area contributed by atoms with Gasteiger partial charge in [0.1, 0.15) is 0 Å². The van der Waals surface area contributed by atoms with Crippen molar-refractivity contribution in [1.29, 1.82) is 0 Å². The van der Waals surface area contributed by atoms with Gasteiger partial charge in [0.25, 0.3) is 0 Å². The summed E-state index contributed by atoms with van der Waals surface area (Å²) in [7, 11) is 1.82. The first kappa shape index (κ1) is 20.2. The van der Waals surface area contributed by atoms with Crippen molar-refractivity contribution in [2.24, 2.45) is 16.9 Å². The summed E-state index contributed by atoms with van der Waals surface area (Å²) in [5.41, 5.74) is 15.7. The van der Waals surface area contributed by atoms with Crippen molar-refractivity contribution in [3.05, 3.63) is 45.4 Å². The van der Waals surface area contributed by atoms with Gasteiger partial charge in [0, 0.05) is 21.9 Å².